The van der Waals surface area contributed by atoms with Gasteiger partial charge in [0, 0.05) is 31.0 Å². The minimum Gasteiger partial charge on any atom is -0.351 e. The molecule has 0 bridgehead atoms. The zero-order chi connectivity index (χ0) is 22.3. The molecule has 7 nitrogen and oxygen atoms in total. The Morgan fingerprint density at radius 3 is 2.67 bits per heavy atom. The van der Waals surface area contributed by atoms with E-state index in [1.54, 1.807) is 6.07 Å². The normalized spacial score (nSPS) is 13.9. The van der Waals surface area contributed by atoms with Gasteiger partial charge in [-0.25, -0.2) is 4.98 Å². The molecule has 3 atom stereocenters. The summed E-state index contributed by atoms with van der Waals surface area (Å²) >= 11 is 7.47. The number of hydrogen-bond donors (Lipinski definition) is 3. The van der Waals surface area contributed by atoms with Crippen molar-refractivity contribution in [3.63, 3.8) is 0 Å². The quantitative estimate of drug-likeness (QED) is 0.484. The lowest BCUT2D eigenvalue weighted by Crippen LogP contribution is -2.54. The van der Waals surface area contributed by atoms with Gasteiger partial charge in [-0.15, -0.1) is 11.3 Å². The molecule has 0 radical (unpaired) electrons. The summed E-state index contributed by atoms with van der Waals surface area (Å²) < 4.78 is 0.920. The maximum absolute atomic E-state index is 13.0. The lowest BCUT2D eigenvalue weighted by molar-refractivity contribution is -0.128. The molecule has 0 aliphatic rings. The first-order valence-corrected chi connectivity index (χ1v) is 11.0. The molecule has 9 heteroatoms. The Labute approximate surface area is 185 Å². The fourth-order valence-corrected chi connectivity index (χ4v) is 4.20. The Morgan fingerprint density at radius 1 is 1.30 bits per heavy atom. The number of nitrogens with zero attached hydrogens (tertiary/aromatic N) is 1. The smallest absolute Gasteiger partial charge is 0.243 e. The second-order valence-electron chi connectivity index (χ2n) is 7.13. The van der Waals surface area contributed by atoms with Gasteiger partial charge in [0.1, 0.15) is 6.04 Å². The van der Waals surface area contributed by atoms with Crippen LogP contribution in [-0.2, 0) is 20.8 Å². The Kier molecular flexibility index (Phi) is 8.80. The summed E-state index contributed by atoms with van der Waals surface area (Å²) in [6.07, 6.45) is 2.27. The van der Waals surface area contributed by atoms with Crippen LogP contribution >= 0.6 is 22.9 Å². The number of fused-ring (bicyclic) bond motifs is 1. The largest absolute Gasteiger partial charge is 0.351 e. The van der Waals surface area contributed by atoms with Gasteiger partial charge in [0.25, 0.3) is 0 Å². The van der Waals surface area contributed by atoms with Crippen molar-refractivity contribution in [2.75, 3.05) is 6.54 Å². The fourth-order valence-electron chi connectivity index (χ4n) is 2.91. The predicted molar refractivity (Wildman–Crippen MR) is 121 cm³/mol. The lowest BCUT2D eigenvalue weighted by atomic mass is 9.98. The van der Waals surface area contributed by atoms with Crippen LogP contribution in [0.25, 0.3) is 10.2 Å². The van der Waals surface area contributed by atoms with Crippen molar-refractivity contribution in [2.24, 2.45) is 5.92 Å². The molecule has 0 saturated heterocycles. The first-order valence-electron chi connectivity index (χ1n) is 9.76. The van der Waals surface area contributed by atoms with Crippen molar-refractivity contribution in [1.29, 1.82) is 0 Å². The molecule has 30 heavy (non-hydrogen) atoms. The Hall–Kier alpha value is -2.45. The van der Waals surface area contributed by atoms with Gasteiger partial charge in [0.05, 0.1) is 15.2 Å². The molecule has 1 aromatic heterocycles. The molecular formula is C21H27ClN4O3S. The van der Waals surface area contributed by atoms with Gasteiger partial charge in [-0.3, -0.25) is 14.4 Å². The van der Waals surface area contributed by atoms with Crippen LogP contribution in [0.15, 0.2) is 30.9 Å². The number of thiazole rings is 1. The van der Waals surface area contributed by atoms with Gasteiger partial charge < -0.3 is 16.0 Å². The molecule has 0 fully saturated rings. The highest BCUT2D eigenvalue weighted by Gasteiger charge is 2.26. The summed E-state index contributed by atoms with van der Waals surface area (Å²) in [4.78, 5) is 40.8. The molecular weight excluding hydrogens is 424 g/mol. The van der Waals surface area contributed by atoms with Crippen molar-refractivity contribution >= 4 is 50.9 Å². The van der Waals surface area contributed by atoms with E-state index in [0.717, 1.165) is 21.6 Å². The highest BCUT2D eigenvalue weighted by molar-refractivity contribution is 7.18. The molecule has 0 aliphatic heterocycles. The minimum atomic E-state index is -0.778. The van der Waals surface area contributed by atoms with E-state index in [1.807, 2.05) is 26.0 Å². The molecule has 3 N–H and O–H groups in total. The van der Waals surface area contributed by atoms with E-state index in [9.17, 15) is 14.4 Å². The number of halogens is 1. The maximum Gasteiger partial charge on any atom is 0.243 e. The van der Waals surface area contributed by atoms with Gasteiger partial charge >= 0.3 is 0 Å². The molecule has 162 valence electrons. The zero-order valence-corrected chi connectivity index (χ0v) is 18.9. The van der Waals surface area contributed by atoms with Gasteiger partial charge in [-0.1, -0.05) is 38.4 Å². The van der Waals surface area contributed by atoms with E-state index in [-0.39, 0.29) is 42.6 Å². The summed E-state index contributed by atoms with van der Waals surface area (Å²) in [7, 11) is 0. The average molecular weight is 451 g/mol. The zero-order valence-electron chi connectivity index (χ0n) is 17.3. The minimum absolute atomic E-state index is 0.127. The molecule has 1 aromatic carbocycles. The molecule has 0 spiro atoms. The van der Waals surface area contributed by atoms with Crippen molar-refractivity contribution in [2.45, 2.75) is 45.7 Å². The van der Waals surface area contributed by atoms with Crippen LogP contribution in [0.4, 0.5) is 0 Å². The van der Waals surface area contributed by atoms with Crippen LogP contribution in [0.1, 0.15) is 32.2 Å². The molecule has 2 aromatic rings. The summed E-state index contributed by atoms with van der Waals surface area (Å²) in [6, 6.07) is 4.36. The average Bonchev–Trinajstić information content (AvgIpc) is 3.10. The third kappa shape index (κ3) is 6.81. The van der Waals surface area contributed by atoms with E-state index in [2.05, 4.69) is 27.5 Å². The SMILES string of the molecule is C=CC(=O)NC[C@@H](NC(=O)[C@H](Cc1nc2ccc(Cl)cc2s1)NC(C)=O)[C@@H](C)CC. The van der Waals surface area contributed by atoms with Crippen molar-refractivity contribution < 1.29 is 14.4 Å². The Bertz CT molecular complexity index is 930. The molecule has 2 rings (SSSR count). The van der Waals surface area contributed by atoms with Crippen LogP contribution < -0.4 is 16.0 Å². The van der Waals surface area contributed by atoms with Crippen LogP contribution in [0.2, 0.25) is 5.02 Å². The number of nitrogens with one attached hydrogen (secondary N) is 3. The van der Waals surface area contributed by atoms with E-state index in [1.165, 1.54) is 24.3 Å². The summed E-state index contributed by atoms with van der Waals surface area (Å²) in [6.45, 7) is 9.09. The second kappa shape index (κ2) is 11.1. The number of aromatic nitrogens is 1. The highest BCUT2D eigenvalue weighted by Crippen LogP contribution is 2.26. The fraction of sp³-hybridized carbons (Fsp3) is 0.429. The van der Waals surface area contributed by atoms with Crippen molar-refractivity contribution in [1.82, 2.24) is 20.9 Å². The third-order valence-corrected chi connectivity index (χ3v) is 6.08. The number of carbonyl (C=O) groups excluding carboxylic acids is 3. The highest BCUT2D eigenvalue weighted by atomic mass is 35.5. The monoisotopic (exact) mass is 450 g/mol. The van der Waals surface area contributed by atoms with Gasteiger partial charge in [-0.2, -0.15) is 0 Å². The number of hydrogen-bond acceptors (Lipinski definition) is 5. The van der Waals surface area contributed by atoms with Crippen molar-refractivity contribution in [3.8, 4) is 0 Å². The first-order chi connectivity index (χ1) is 14.2. The van der Waals surface area contributed by atoms with E-state index in [0.29, 0.717) is 5.02 Å². The Balaban J connectivity index is 2.16. The second-order valence-corrected chi connectivity index (χ2v) is 8.68. The molecule has 3 amide bonds. The van der Waals surface area contributed by atoms with E-state index >= 15 is 0 Å². The standard InChI is InChI=1S/C21H27ClN4O3S/c1-5-12(3)17(11-23-19(28)6-2)26-21(29)16(24-13(4)27)10-20-25-15-8-7-14(22)9-18(15)30-20/h6-9,12,16-17H,2,5,10-11H2,1,3-4H3,(H,23,28)(H,24,27)(H,26,29)/t12-,16-,17+/m0/s1. The van der Waals surface area contributed by atoms with Crippen molar-refractivity contribution in [3.05, 3.63) is 40.9 Å². The van der Waals surface area contributed by atoms with Gasteiger partial charge in [0.2, 0.25) is 17.7 Å². The van der Waals surface area contributed by atoms with Crippen LogP contribution in [0, 0.1) is 5.92 Å². The summed E-state index contributed by atoms with van der Waals surface area (Å²) in [5.41, 5.74) is 0.797. The van der Waals surface area contributed by atoms with E-state index in [4.69, 9.17) is 11.6 Å². The van der Waals surface area contributed by atoms with Crippen LogP contribution in [-0.4, -0.2) is 41.3 Å². The molecule has 0 unspecified atom stereocenters. The van der Waals surface area contributed by atoms with Gasteiger partial charge in [0.15, 0.2) is 0 Å². The lowest BCUT2D eigenvalue weighted by Gasteiger charge is -2.27. The van der Waals surface area contributed by atoms with Gasteiger partial charge in [-0.05, 0) is 30.2 Å². The van der Waals surface area contributed by atoms with Crippen LogP contribution in [0.5, 0.6) is 0 Å². The number of carbonyl (C=O) groups is 3. The number of amides is 3. The molecule has 0 saturated carbocycles. The van der Waals surface area contributed by atoms with E-state index < -0.39 is 6.04 Å². The predicted octanol–water partition coefficient (Wildman–Crippen LogP) is 2.83. The van der Waals surface area contributed by atoms with Crippen LogP contribution in [0.3, 0.4) is 0 Å². The number of rotatable bonds is 10. The molecule has 0 aliphatic carbocycles. The summed E-state index contributed by atoms with van der Waals surface area (Å²) in [5.74, 6) is -0.800. The third-order valence-electron chi connectivity index (χ3n) is 4.81. The maximum atomic E-state index is 13.0. The number of benzene rings is 1. The molecule has 1 heterocycles. The Morgan fingerprint density at radius 2 is 2.03 bits per heavy atom. The first kappa shape index (κ1) is 23.8. The topological polar surface area (TPSA) is 100 Å². The summed E-state index contributed by atoms with van der Waals surface area (Å²) in [5, 5.41) is 9.74.